The Morgan fingerprint density at radius 2 is 1.84 bits per heavy atom. The first kappa shape index (κ1) is 17.4. The summed E-state index contributed by atoms with van der Waals surface area (Å²) in [5.74, 6) is 0. The molecule has 0 saturated heterocycles. The molecule has 0 bridgehead atoms. The second-order valence-corrected chi connectivity index (χ2v) is 9.19. The van der Waals surface area contributed by atoms with Gasteiger partial charge < -0.3 is 0 Å². The van der Waals surface area contributed by atoms with E-state index < -0.39 is 8.87 Å². The van der Waals surface area contributed by atoms with Crippen LogP contribution in [0.2, 0.25) is 0 Å². The van der Waals surface area contributed by atoms with Crippen LogP contribution in [0.15, 0.2) is 76.0 Å². The standard InChI is InChI=1S/C18H16N2O3S2/c1-3-12-20-17(21)15-6-4-5-7-16(15)19-18(20)24-25(22,23)14-10-8-13(2)9-11-14/h3-11H,1,12H2,2H3. The fourth-order valence-corrected chi connectivity index (χ4v) is 5.09. The summed E-state index contributed by atoms with van der Waals surface area (Å²) < 4.78 is 26.7. The van der Waals surface area contributed by atoms with Crippen molar-refractivity contribution in [1.82, 2.24) is 9.55 Å². The summed E-state index contributed by atoms with van der Waals surface area (Å²) in [7, 11) is -3.12. The van der Waals surface area contributed by atoms with E-state index in [1.54, 1.807) is 54.6 Å². The lowest BCUT2D eigenvalue weighted by atomic mass is 10.2. The van der Waals surface area contributed by atoms with Crippen molar-refractivity contribution >= 4 is 30.6 Å². The normalized spacial score (nSPS) is 11.6. The highest BCUT2D eigenvalue weighted by atomic mass is 33.1. The molecule has 7 heteroatoms. The number of rotatable bonds is 5. The summed E-state index contributed by atoms with van der Waals surface area (Å²) in [6.07, 6.45) is 1.54. The molecular weight excluding hydrogens is 356 g/mol. The van der Waals surface area contributed by atoms with Gasteiger partial charge >= 0.3 is 0 Å². The van der Waals surface area contributed by atoms with Gasteiger partial charge in [-0.1, -0.05) is 35.9 Å². The quantitative estimate of drug-likeness (QED) is 0.390. The number of hydrogen-bond acceptors (Lipinski definition) is 5. The number of allylic oxidation sites excluding steroid dienone is 1. The fraction of sp³-hybridized carbons (Fsp3) is 0.111. The van der Waals surface area contributed by atoms with Gasteiger partial charge in [0, 0.05) is 17.3 Å². The number of para-hydroxylation sites is 1. The van der Waals surface area contributed by atoms with E-state index in [9.17, 15) is 13.2 Å². The highest BCUT2D eigenvalue weighted by molar-refractivity contribution is 8.72. The highest BCUT2D eigenvalue weighted by Gasteiger charge is 2.21. The molecule has 0 unspecified atom stereocenters. The molecule has 3 rings (SSSR count). The molecular formula is C18H16N2O3S2. The molecule has 0 amide bonds. The Bertz CT molecular complexity index is 1100. The Morgan fingerprint density at radius 3 is 2.52 bits per heavy atom. The van der Waals surface area contributed by atoms with Crippen molar-refractivity contribution < 1.29 is 8.42 Å². The molecule has 0 aliphatic heterocycles. The molecule has 0 aliphatic carbocycles. The molecule has 25 heavy (non-hydrogen) atoms. The zero-order valence-corrected chi connectivity index (χ0v) is 15.2. The molecule has 0 aliphatic rings. The minimum absolute atomic E-state index is 0.129. The molecule has 1 aromatic heterocycles. The van der Waals surface area contributed by atoms with Crippen LogP contribution in [0.5, 0.6) is 0 Å². The Balaban J connectivity index is 2.14. The number of fused-ring (bicyclic) bond motifs is 1. The van der Waals surface area contributed by atoms with Crippen molar-refractivity contribution in [3.8, 4) is 0 Å². The molecule has 0 radical (unpaired) electrons. The predicted molar refractivity (Wildman–Crippen MR) is 100 cm³/mol. The summed E-state index contributed by atoms with van der Waals surface area (Å²) in [5.41, 5.74) is 1.15. The van der Waals surface area contributed by atoms with Gasteiger partial charge in [0.1, 0.15) is 0 Å². The lowest BCUT2D eigenvalue weighted by molar-refractivity contribution is 0.609. The van der Waals surface area contributed by atoms with Gasteiger partial charge in [0.2, 0.25) is 8.87 Å². The minimum atomic E-state index is -3.70. The Kier molecular flexibility index (Phi) is 4.78. The van der Waals surface area contributed by atoms with Crippen LogP contribution in [0.4, 0.5) is 0 Å². The van der Waals surface area contributed by atoms with Gasteiger partial charge in [-0.25, -0.2) is 13.4 Å². The predicted octanol–water partition coefficient (Wildman–Crippen LogP) is 3.37. The maximum atomic E-state index is 12.7. The lowest BCUT2D eigenvalue weighted by Crippen LogP contribution is -2.23. The van der Waals surface area contributed by atoms with E-state index in [2.05, 4.69) is 11.6 Å². The number of nitrogens with zero attached hydrogens (tertiary/aromatic N) is 2. The number of hydrogen-bond donors (Lipinski definition) is 0. The summed E-state index contributed by atoms with van der Waals surface area (Å²) in [6, 6.07) is 13.4. The van der Waals surface area contributed by atoms with Crippen molar-refractivity contribution in [3.05, 3.63) is 77.1 Å². The summed E-state index contributed by atoms with van der Waals surface area (Å²) >= 11 is 0. The van der Waals surface area contributed by atoms with Gasteiger partial charge in [-0.2, -0.15) is 0 Å². The van der Waals surface area contributed by atoms with Gasteiger partial charge in [0.05, 0.1) is 15.8 Å². The van der Waals surface area contributed by atoms with E-state index in [4.69, 9.17) is 0 Å². The van der Waals surface area contributed by atoms with Gasteiger partial charge in [0.15, 0.2) is 5.16 Å². The van der Waals surface area contributed by atoms with Crippen molar-refractivity contribution in [2.45, 2.75) is 23.5 Å². The van der Waals surface area contributed by atoms with Gasteiger partial charge in [-0.05, 0) is 31.2 Å². The second kappa shape index (κ2) is 6.85. The SMILES string of the molecule is C=CCn1c(SS(=O)(=O)c2ccc(C)cc2)nc2ccccc2c1=O. The molecule has 128 valence electrons. The molecule has 3 aromatic rings. The topological polar surface area (TPSA) is 69.0 Å². The third-order valence-electron chi connectivity index (χ3n) is 3.63. The van der Waals surface area contributed by atoms with Crippen LogP contribution >= 0.6 is 10.8 Å². The lowest BCUT2D eigenvalue weighted by Gasteiger charge is -2.11. The van der Waals surface area contributed by atoms with Crippen LogP contribution in [0.3, 0.4) is 0 Å². The molecule has 2 aromatic carbocycles. The van der Waals surface area contributed by atoms with Crippen LogP contribution in [0.1, 0.15) is 5.56 Å². The Morgan fingerprint density at radius 1 is 1.16 bits per heavy atom. The summed E-state index contributed by atoms with van der Waals surface area (Å²) in [6.45, 7) is 5.70. The molecule has 5 nitrogen and oxygen atoms in total. The van der Waals surface area contributed by atoms with E-state index in [-0.39, 0.29) is 22.2 Å². The van der Waals surface area contributed by atoms with Crippen molar-refractivity contribution in [2.75, 3.05) is 0 Å². The van der Waals surface area contributed by atoms with Gasteiger partial charge in [-0.15, -0.1) is 6.58 Å². The van der Waals surface area contributed by atoms with Gasteiger partial charge in [0.25, 0.3) is 5.56 Å². The maximum absolute atomic E-state index is 12.7. The molecule has 0 spiro atoms. The minimum Gasteiger partial charge on any atom is -0.282 e. The van der Waals surface area contributed by atoms with E-state index in [0.717, 1.165) is 5.56 Å². The number of aromatic nitrogens is 2. The molecule has 0 atom stereocenters. The highest BCUT2D eigenvalue weighted by Crippen LogP contribution is 2.30. The fourth-order valence-electron chi connectivity index (χ4n) is 2.35. The largest absolute Gasteiger partial charge is 0.282 e. The first-order valence-corrected chi connectivity index (χ1v) is 10.4. The molecule has 0 fully saturated rings. The Labute approximate surface area is 149 Å². The number of benzene rings is 2. The van der Waals surface area contributed by atoms with Crippen LogP contribution in [0.25, 0.3) is 10.9 Å². The van der Waals surface area contributed by atoms with Crippen LogP contribution < -0.4 is 5.56 Å². The summed E-state index contributed by atoms with van der Waals surface area (Å²) in [4.78, 5) is 17.2. The zero-order chi connectivity index (χ0) is 18.0. The average molecular weight is 372 g/mol. The van der Waals surface area contributed by atoms with E-state index in [0.29, 0.717) is 21.7 Å². The van der Waals surface area contributed by atoms with E-state index in [1.807, 2.05) is 6.92 Å². The first-order valence-electron chi connectivity index (χ1n) is 7.54. The van der Waals surface area contributed by atoms with Crippen LogP contribution in [-0.4, -0.2) is 18.0 Å². The monoisotopic (exact) mass is 372 g/mol. The van der Waals surface area contributed by atoms with E-state index >= 15 is 0 Å². The van der Waals surface area contributed by atoms with Crippen molar-refractivity contribution in [1.29, 1.82) is 0 Å². The molecule has 0 N–H and O–H groups in total. The molecule has 1 heterocycles. The van der Waals surface area contributed by atoms with E-state index in [1.165, 1.54) is 4.57 Å². The summed E-state index contributed by atoms with van der Waals surface area (Å²) in [5, 5.41) is 0.575. The van der Waals surface area contributed by atoms with Crippen LogP contribution in [0, 0.1) is 6.92 Å². The first-order chi connectivity index (χ1) is 11.9. The average Bonchev–Trinajstić information content (AvgIpc) is 2.58. The second-order valence-electron chi connectivity index (χ2n) is 5.47. The Hall–Kier alpha value is -2.38. The smallest absolute Gasteiger partial charge is 0.262 e. The van der Waals surface area contributed by atoms with Crippen molar-refractivity contribution in [2.24, 2.45) is 0 Å². The third-order valence-corrected chi connectivity index (χ3v) is 6.84. The van der Waals surface area contributed by atoms with Crippen molar-refractivity contribution in [3.63, 3.8) is 0 Å². The van der Waals surface area contributed by atoms with Gasteiger partial charge in [-0.3, -0.25) is 9.36 Å². The number of aryl methyl sites for hydroxylation is 1. The molecule has 0 saturated carbocycles. The maximum Gasteiger partial charge on any atom is 0.262 e. The third kappa shape index (κ3) is 3.52. The zero-order valence-electron chi connectivity index (χ0n) is 13.5. The van der Waals surface area contributed by atoms with Crippen LogP contribution in [-0.2, 0) is 15.4 Å².